The number of aromatic nitrogens is 1. The summed E-state index contributed by atoms with van der Waals surface area (Å²) in [7, 11) is 0. The minimum atomic E-state index is -0.299. The molecule has 0 aliphatic carbocycles. The Balaban J connectivity index is 1.34. The lowest BCUT2D eigenvalue weighted by atomic mass is 10.1. The number of carbonyl (C=O) groups excluding carboxylic acids is 1. The van der Waals surface area contributed by atoms with E-state index < -0.39 is 0 Å². The molecule has 0 atom stereocenters. The van der Waals surface area contributed by atoms with Crippen LogP contribution in [0.25, 0.3) is 10.8 Å². The fourth-order valence-electron chi connectivity index (χ4n) is 2.77. The van der Waals surface area contributed by atoms with Gasteiger partial charge in [0.1, 0.15) is 23.3 Å². The molecule has 1 amide bonds. The molecular weight excluding hydrogens is 376 g/mol. The van der Waals surface area contributed by atoms with E-state index in [2.05, 4.69) is 16.4 Å². The van der Waals surface area contributed by atoms with Crippen LogP contribution < -0.4 is 10.1 Å². The first-order valence-corrected chi connectivity index (χ1v) is 9.14. The first kappa shape index (κ1) is 18.1. The third-order valence-electron chi connectivity index (χ3n) is 4.23. The van der Waals surface area contributed by atoms with Crippen LogP contribution in [0.3, 0.4) is 0 Å². The maximum absolute atomic E-state index is 12.2. The highest BCUT2D eigenvalue weighted by atomic mass is 35.5. The normalized spacial score (nSPS) is 10.8. The Morgan fingerprint density at radius 2 is 1.89 bits per heavy atom. The number of nitrogens with zero attached hydrogens (tertiary/aromatic N) is 1. The first-order chi connectivity index (χ1) is 13.7. The predicted octanol–water partition coefficient (Wildman–Crippen LogP) is 4.99. The average Bonchev–Trinajstić information content (AvgIpc) is 3.21. The molecule has 0 bridgehead atoms. The molecule has 28 heavy (non-hydrogen) atoms. The van der Waals surface area contributed by atoms with Gasteiger partial charge in [0, 0.05) is 12.7 Å². The smallest absolute Gasteiger partial charge is 0.287 e. The SMILES string of the molecule is O=C(NCc1ccc(Cl)nc1)c1ccc(COc2ccc3ccccc3c2)o1. The molecule has 0 fully saturated rings. The van der Waals surface area contributed by atoms with E-state index in [1.54, 1.807) is 30.5 Å². The summed E-state index contributed by atoms with van der Waals surface area (Å²) in [6.07, 6.45) is 1.62. The number of hydrogen-bond donors (Lipinski definition) is 1. The van der Waals surface area contributed by atoms with Gasteiger partial charge in [0.05, 0.1) is 0 Å². The number of benzene rings is 2. The van der Waals surface area contributed by atoms with Crippen molar-refractivity contribution in [3.63, 3.8) is 0 Å². The summed E-state index contributed by atoms with van der Waals surface area (Å²) < 4.78 is 11.4. The number of rotatable bonds is 6. The van der Waals surface area contributed by atoms with Crippen LogP contribution in [0.1, 0.15) is 21.9 Å². The first-order valence-electron chi connectivity index (χ1n) is 8.76. The van der Waals surface area contributed by atoms with E-state index in [1.165, 1.54) is 0 Å². The number of pyridine rings is 1. The summed E-state index contributed by atoms with van der Waals surface area (Å²) in [5.41, 5.74) is 0.851. The van der Waals surface area contributed by atoms with Crippen LogP contribution in [0.5, 0.6) is 5.75 Å². The lowest BCUT2D eigenvalue weighted by Crippen LogP contribution is -2.22. The minimum Gasteiger partial charge on any atom is -0.486 e. The van der Waals surface area contributed by atoms with Gasteiger partial charge in [-0.05, 0) is 46.7 Å². The second kappa shape index (κ2) is 8.15. The van der Waals surface area contributed by atoms with Crippen LogP contribution in [0.15, 0.2) is 77.3 Å². The van der Waals surface area contributed by atoms with Crippen molar-refractivity contribution in [2.45, 2.75) is 13.2 Å². The fraction of sp³-hybridized carbons (Fsp3) is 0.0909. The molecule has 0 saturated heterocycles. The molecule has 4 rings (SSSR count). The lowest BCUT2D eigenvalue weighted by Gasteiger charge is -2.06. The van der Waals surface area contributed by atoms with Crippen LogP contribution in [-0.4, -0.2) is 10.9 Å². The highest BCUT2D eigenvalue weighted by Gasteiger charge is 2.11. The van der Waals surface area contributed by atoms with Crippen LogP contribution >= 0.6 is 11.6 Å². The van der Waals surface area contributed by atoms with Crippen LogP contribution in [0.4, 0.5) is 0 Å². The Hall–Kier alpha value is -3.31. The third kappa shape index (κ3) is 4.32. The zero-order valence-corrected chi connectivity index (χ0v) is 15.6. The van der Waals surface area contributed by atoms with Crippen LogP contribution in [-0.2, 0) is 13.2 Å². The Morgan fingerprint density at radius 1 is 1.04 bits per heavy atom. The number of nitrogens with one attached hydrogen (secondary N) is 1. The molecule has 0 unspecified atom stereocenters. The van der Waals surface area contributed by atoms with Crippen molar-refractivity contribution in [3.8, 4) is 5.75 Å². The minimum absolute atomic E-state index is 0.235. The summed E-state index contributed by atoms with van der Waals surface area (Å²) in [4.78, 5) is 16.2. The van der Waals surface area contributed by atoms with Gasteiger partial charge in [0.15, 0.2) is 5.76 Å². The largest absolute Gasteiger partial charge is 0.486 e. The predicted molar refractivity (Wildman–Crippen MR) is 107 cm³/mol. The molecule has 4 aromatic rings. The van der Waals surface area contributed by atoms with Crippen molar-refractivity contribution in [1.29, 1.82) is 0 Å². The van der Waals surface area contributed by atoms with Crippen molar-refractivity contribution in [2.75, 3.05) is 0 Å². The van der Waals surface area contributed by atoms with Gasteiger partial charge < -0.3 is 14.5 Å². The number of halogens is 1. The Morgan fingerprint density at radius 3 is 2.71 bits per heavy atom. The monoisotopic (exact) mass is 392 g/mol. The number of fused-ring (bicyclic) bond motifs is 1. The molecule has 5 nitrogen and oxygen atoms in total. The fourth-order valence-corrected chi connectivity index (χ4v) is 2.88. The lowest BCUT2D eigenvalue weighted by molar-refractivity contribution is 0.0919. The summed E-state index contributed by atoms with van der Waals surface area (Å²) >= 11 is 5.75. The third-order valence-corrected chi connectivity index (χ3v) is 4.45. The van der Waals surface area contributed by atoms with E-state index in [0.717, 1.165) is 22.1 Å². The summed E-state index contributed by atoms with van der Waals surface area (Å²) in [6, 6.07) is 20.8. The molecule has 2 heterocycles. The Bertz CT molecular complexity index is 1110. The maximum Gasteiger partial charge on any atom is 0.287 e. The number of amides is 1. The van der Waals surface area contributed by atoms with Crippen molar-refractivity contribution < 1.29 is 13.9 Å². The van der Waals surface area contributed by atoms with E-state index in [-0.39, 0.29) is 18.3 Å². The Kier molecular flexibility index (Phi) is 5.26. The highest BCUT2D eigenvalue weighted by Crippen LogP contribution is 2.21. The zero-order chi connectivity index (χ0) is 19.3. The van der Waals surface area contributed by atoms with Gasteiger partial charge >= 0.3 is 0 Å². The molecule has 0 aliphatic rings. The zero-order valence-electron chi connectivity index (χ0n) is 14.9. The summed E-state index contributed by atoms with van der Waals surface area (Å²) in [5.74, 6) is 1.26. The van der Waals surface area contributed by atoms with E-state index in [4.69, 9.17) is 20.8 Å². The second-order valence-electron chi connectivity index (χ2n) is 6.24. The van der Waals surface area contributed by atoms with Gasteiger partial charge in [-0.25, -0.2) is 4.98 Å². The topological polar surface area (TPSA) is 64.4 Å². The quantitative estimate of drug-likeness (QED) is 0.469. The van der Waals surface area contributed by atoms with E-state index >= 15 is 0 Å². The molecule has 0 saturated carbocycles. The van der Waals surface area contributed by atoms with Gasteiger partial charge in [0.2, 0.25) is 0 Å². The van der Waals surface area contributed by atoms with Gasteiger partial charge in [-0.15, -0.1) is 0 Å². The summed E-state index contributed by atoms with van der Waals surface area (Å²) in [5, 5.41) is 5.46. The molecular formula is C22H17ClN2O3. The van der Waals surface area contributed by atoms with Gasteiger partial charge in [-0.2, -0.15) is 0 Å². The van der Waals surface area contributed by atoms with E-state index in [1.807, 2.05) is 36.4 Å². The van der Waals surface area contributed by atoms with Gasteiger partial charge in [-0.3, -0.25) is 4.79 Å². The van der Waals surface area contributed by atoms with E-state index in [0.29, 0.717) is 17.5 Å². The molecule has 1 N–H and O–H groups in total. The molecule has 6 heteroatoms. The van der Waals surface area contributed by atoms with Crippen molar-refractivity contribution in [2.24, 2.45) is 0 Å². The van der Waals surface area contributed by atoms with E-state index in [9.17, 15) is 4.79 Å². The van der Waals surface area contributed by atoms with Gasteiger partial charge in [0.25, 0.3) is 5.91 Å². The van der Waals surface area contributed by atoms with Crippen LogP contribution in [0, 0.1) is 0 Å². The molecule has 0 aliphatic heterocycles. The van der Waals surface area contributed by atoms with Gasteiger partial charge in [-0.1, -0.05) is 48.0 Å². The number of hydrogen-bond acceptors (Lipinski definition) is 4. The van der Waals surface area contributed by atoms with Crippen molar-refractivity contribution in [1.82, 2.24) is 10.3 Å². The van der Waals surface area contributed by atoms with Crippen LogP contribution in [0.2, 0.25) is 5.15 Å². The van der Waals surface area contributed by atoms with Crippen molar-refractivity contribution >= 4 is 28.3 Å². The summed E-state index contributed by atoms with van der Waals surface area (Å²) in [6.45, 7) is 0.583. The standard InChI is InChI=1S/C22H17ClN2O3/c23-21-10-5-15(12-24-21)13-25-22(26)20-9-8-19(28-20)14-27-18-7-6-16-3-1-2-4-17(16)11-18/h1-12H,13-14H2,(H,25,26). The number of carbonyl (C=O) groups is 1. The maximum atomic E-state index is 12.2. The molecule has 0 spiro atoms. The molecule has 140 valence electrons. The van der Waals surface area contributed by atoms with Crippen molar-refractivity contribution in [3.05, 3.63) is 95.2 Å². The molecule has 2 aromatic heterocycles. The average molecular weight is 393 g/mol. The number of ether oxygens (including phenoxy) is 1. The Labute approximate surface area is 166 Å². The number of furan rings is 1. The molecule has 2 aromatic carbocycles. The molecule has 0 radical (unpaired) electrons. The second-order valence-corrected chi connectivity index (χ2v) is 6.62. The highest BCUT2D eigenvalue weighted by molar-refractivity contribution is 6.29.